The lowest BCUT2D eigenvalue weighted by atomic mass is 10.0. The number of amides is 2. The fourth-order valence-electron chi connectivity index (χ4n) is 2.76. The fraction of sp³-hybridized carbons (Fsp3) is 0.0625. The summed E-state index contributed by atoms with van der Waals surface area (Å²) in [5, 5.41) is 7.43. The molecule has 0 unspecified atom stereocenters. The van der Waals surface area contributed by atoms with Gasteiger partial charge in [0, 0.05) is 23.3 Å². The Morgan fingerprint density at radius 3 is 2.70 bits per heavy atom. The van der Waals surface area contributed by atoms with Crippen molar-refractivity contribution in [1.29, 1.82) is 0 Å². The fourth-order valence-corrected chi connectivity index (χ4v) is 3.25. The van der Waals surface area contributed by atoms with Gasteiger partial charge in [0.25, 0.3) is 11.8 Å². The Morgan fingerprint density at radius 2 is 2.04 bits per heavy atom. The smallest absolute Gasteiger partial charge is 0.265 e. The van der Waals surface area contributed by atoms with Gasteiger partial charge in [-0.2, -0.15) is 9.89 Å². The number of imide groups is 1. The van der Waals surface area contributed by atoms with Crippen molar-refractivity contribution in [2.75, 3.05) is 0 Å². The second-order valence-corrected chi connectivity index (χ2v) is 6.10. The van der Waals surface area contributed by atoms with Gasteiger partial charge in [0.15, 0.2) is 0 Å². The lowest BCUT2D eigenvalue weighted by Gasteiger charge is -2.04. The number of aryl methyl sites for hydroxylation is 1. The minimum absolute atomic E-state index is 0.253. The van der Waals surface area contributed by atoms with Crippen molar-refractivity contribution in [2.45, 2.75) is 6.92 Å². The molecule has 0 radical (unpaired) electrons. The van der Waals surface area contributed by atoms with Crippen LogP contribution >= 0.6 is 15.9 Å². The zero-order valence-electron chi connectivity index (χ0n) is 12.1. The van der Waals surface area contributed by atoms with Gasteiger partial charge in [-0.1, -0.05) is 11.6 Å². The molecule has 23 heavy (non-hydrogen) atoms. The Balaban J connectivity index is 2.07. The molecule has 3 heterocycles. The number of aromatic nitrogens is 3. The maximum Gasteiger partial charge on any atom is 0.265 e. The van der Waals surface area contributed by atoms with Crippen LogP contribution in [0.4, 0.5) is 0 Å². The van der Waals surface area contributed by atoms with E-state index < -0.39 is 11.8 Å². The third kappa shape index (κ3) is 2.04. The second-order valence-electron chi connectivity index (χ2n) is 5.31. The van der Waals surface area contributed by atoms with Gasteiger partial charge in [-0.05, 0) is 41.1 Å². The van der Waals surface area contributed by atoms with Crippen LogP contribution in [-0.4, -0.2) is 26.4 Å². The minimum Gasteiger partial charge on any atom is -0.288 e. The number of nitrogens with one attached hydrogen (secondary N) is 1. The second kappa shape index (κ2) is 4.92. The monoisotopic (exact) mass is 370 g/mol. The highest BCUT2D eigenvalue weighted by Gasteiger charge is 2.31. The lowest BCUT2D eigenvalue weighted by molar-refractivity contribution is -0.123. The topological polar surface area (TPSA) is 68.9 Å². The number of nitrogens with zero attached hydrogens (tertiary/aromatic N) is 3. The summed E-state index contributed by atoms with van der Waals surface area (Å²) < 4.78 is 2.09. The molecule has 4 rings (SSSR count). The zero-order chi connectivity index (χ0) is 16.1. The van der Waals surface area contributed by atoms with Gasteiger partial charge in [-0.15, -0.1) is 0 Å². The predicted molar refractivity (Wildman–Crippen MR) is 88.7 cm³/mol. The van der Waals surface area contributed by atoms with Crippen LogP contribution in [0, 0.1) is 6.92 Å². The maximum absolute atomic E-state index is 12.2. The summed E-state index contributed by atoms with van der Waals surface area (Å²) in [6.07, 6.45) is 5.30. The summed E-state index contributed by atoms with van der Waals surface area (Å²) in [4.78, 5) is 25.6. The largest absolute Gasteiger partial charge is 0.288 e. The van der Waals surface area contributed by atoms with Gasteiger partial charge in [0.1, 0.15) is 0 Å². The summed E-state index contributed by atoms with van der Waals surface area (Å²) in [5.74, 6) is -0.819. The number of fused-ring (bicyclic) bond motifs is 1. The Bertz CT molecular complexity index is 999. The first-order chi connectivity index (χ1) is 11.1. The molecule has 0 spiro atoms. The summed E-state index contributed by atoms with van der Waals surface area (Å²) in [6, 6.07) is 7.78. The SMILES string of the molecule is Cc1ccc2c(c1)c(C1=C(Br)C(=O)NC1=O)cn2-n1cccn1. The Labute approximate surface area is 139 Å². The van der Waals surface area contributed by atoms with Crippen LogP contribution in [0.25, 0.3) is 16.5 Å². The van der Waals surface area contributed by atoms with E-state index in [1.165, 1.54) is 0 Å². The van der Waals surface area contributed by atoms with Crippen molar-refractivity contribution >= 4 is 44.2 Å². The molecule has 0 saturated carbocycles. The molecule has 6 nitrogen and oxygen atoms in total. The summed E-state index contributed by atoms with van der Waals surface area (Å²) >= 11 is 3.22. The number of benzene rings is 1. The molecule has 7 heteroatoms. The van der Waals surface area contributed by atoms with Gasteiger partial charge in [0.2, 0.25) is 0 Å². The Hall–Kier alpha value is -2.67. The average molecular weight is 371 g/mol. The van der Waals surface area contributed by atoms with E-state index in [0.717, 1.165) is 16.5 Å². The quantitative estimate of drug-likeness (QED) is 0.703. The highest BCUT2D eigenvalue weighted by molar-refractivity contribution is 9.12. The molecular formula is C16H11BrN4O2. The molecule has 0 saturated heterocycles. The molecule has 0 bridgehead atoms. The number of hydrogen-bond donors (Lipinski definition) is 1. The van der Waals surface area contributed by atoms with Gasteiger partial charge in [-0.25, -0.2) is 4.68 Å². The number of hydrogen-bond acceptors (Lipinski definition) is 3. The van der Waals surface area contributed by atoms with Crippen molar-refractivity contribution in [1.82, 2.24) is 19.9 Å². The van der Waals surface area contributed by atoms with E-state index in [0.29, 0.717) is 11.1 Å². The van der Waals surface area contributed by atoms with Crippen molar-refractivity contribution in [2.24, 2.45) is 0 Å². The van der Waals surface area contributed by atoms with E-state index >= 15 is 0 Å². The van der Waals surface area contributed by atoms with Crippen molar-refractivity contribution in [3.05, 3.63) is 58.5 Å². The highest BCUT2D eigenvalue weighted by atomic mass is 79.9. The Kier molecular flexibility index (Phi) is 2.99. The molecule has 1 aliphatic rings. The molecule has 0 aliphatic carbocycles. The third-order valence-corrected chi connectivity index (χ3v) is 4.55. The maximum atomic E-state index is 12.2. The first kappa shape index (κ1) is 14.0. The van der Waals surface area contributed by atoms with Crippen LogP contribution in [0.1, 0.15) is 11.1 Å². The number of carbonyl (C=O) groups excluding carboxylic acids is 2. The van der Waals surface area contributed by atoms with Crippen LogP contribution in [-0.2, 0) is 9.59 Å². The molecule has 2 amide bonds. The normalized spacial score (nSPS) is 14.9. The van der Waals surface area contributed by atoms with E-state index in [-0.39, 0.29) is 4.48 Å². The average Bonchev–Trinajstić information content (AvgIpc) is 3.19. The first-order valence-electron chi connectivity index (χ1n) is 6.94. The molecule has 1 N–H and O–H groups in total. The van der Waals surface area contributed by atoms with E-state index in [1.54, 1.807) is 11.0 Å². The molecule has 3 aromatic rings. The van der Waals surface area contributed by atoms with Crippen LogP contribution < -0.4 is 5.32 Å². The lowest BCUT2D eigenvalue weighted by Crippen LogP contribution is -2.22. The van der Waals surface area contributed by atoms with Gasteiger partial charge in [0.05, 0.1) is 21.8 Å². The number of carbonyl (C=O) groups is 2. The van der Waals surface area contributed by atoms with Crippen molar-refractivity contribution < 1.29 is 9.59 Å². The van der Waals surface area contributed by atoms with E-state index in [4.69, 9.17) is 0 Å². The van der Waals surface area contributed by atoms with Crippen LogP contribution in [0.3, 0.4) is 0 Å². The van der Waals surface area contributed by atoms with Gasteiger partial charge < -0.3 is 0 Å². The van der Waals surface area contributed by atoms with Crippen molar-refractivity contribution in [3.8, 4) is 0 Å². The first-order valence-corrected chi connectivity index (χ1v) is 7.73. The summed E-state index contributed by atoms with van der Waals surface area (Å²) in [7, 11) is 0. The zero-order valence-corrected chi connectivity index (χ0v) is 13.7. The Morgan fingerprint density at radius 1 is 1.22 bits per heavy atom. The molecular weight excluding hydrogens is 360 g/mol. The van der Waals surface area contributed by atoms with E-state index in [2.05, 4.69) is 26.3 Å². The number of rotatable bonds is 2. The molecule has 1 aromatic carbocycles. The number of halogens is 1. The summed E-state index contributed by atoms with van der Waals surface area (Å²) in [5.41, 5.74) is 3.00. The molecule has 0 atom stereocenters. The molecule has 1 aliphatic heterocycles. The molecule has 0 fully saturated rings. The van der Waals surface area contributed by atoms with Crippen molar-refractivity contribution in [3.63, 3.8) is 0 Å². The van der Waals surface area contributed by atoms with E-state index in [9.17, 15) is 9.59 Å². The predicted octanol–water partition coefficient (Wildman–Crippen LogP) is 2.22. The van der Waals surface area contributed by atoms with E-state index in [1.807, 2.05) is 48.3 Å². The van der Waals surface area contributed by atoms with Crippen LogP contribution in [0.2, 0.25) is 0 Å². The molecule has 2 aromatic heterocycles. The van der Waals surface area contributed by atoms with Crippen LogP contribution in [0.15, 0.2) is 47.3 Å². The van der Waals surface area contributed by atoms with Gasteiger partial charge in [-0.3, -0.25) is 14.9 Å². The highest BCUT2D eigenvalue weighted by Crippen LogP contribution is 2.34. The standard InChI is InChI=1S/C16H11BrN4O2/c1-9-3-4-12-10(7-9)11(8-20(12)21-6-2-5-18-21)13-14(17)16(23)19-15(13)22/h2-8H,1H3,(H,19,22,23). The molecule has 114 valence electrons. The minimum atomic E-state index is -0.419. The van der Waals surface area contributed by atoms with Crippen LogP contribution in [0.5, 0.6) is 0 Å². The third-order valence-electron chi connectivity index (χ3n) is 3.79. The van der Waals surface area contributed by atoms with Gasteiger partial charge >= 0.3 is 0 Å². The summed E-state index contributed by atoms with van der Waals surface area (Å²) in [6.45, 7) is 1.98.